The number of aliphatic hydroxyl groups is 1. The van der Waals surface area contributed by atoms with Gasteiger partial charge in [0.25, 0.3) is 0 Å². The van der Waals surface area contributed by atoms with Crippen molar-refractivity contribution in [1.29, 1.82) is 0 Å². The molecule has 2 aromatic carbocycles. The molecule has 4 rings (SSSR count). The Morgan fingerprint density at radius 2 is 1.78 bits per heavy atom. The monoisotopic (exact) mass is 512 g/mol. The smallest absolute Gasteiger partial charge is 0.220 e. The number of benzene rings is 2. The number of amides is 1. The van der Waals surface area contributed by atoms with E-state index in [-0.39, 0.29) is 11.5 Å². The fourth-order valence-corrected chi connectivity index (χ4v) is 5.69. The van der Waals surface area contributed by atoms with Crippen molar-refractivity contribution in [2.24, 2.45) is 5.92 Å². The molecule has 1 aliphatic carbocycles. The Balaban J connectivity index is 1.44. The third-order valence-electron chi connectivity index (χ3n) is 8.14. The maximum absolute atomic E-state index is 13.1. The summed E-state index contributed by atoms with van der Waals surface area (Å²) in [4.78, 5) is 15.5. The molecule has 0 aromatic heterocycles. The number of hydrogen-bond donors (Lipinski definition) is 2. The minimum absolute atomic E-state index is 0.00348. The second kappa shape index (κ2) is 12.0. The molecule has 1 amide bonds. The van der Waals surface area contributed by atoms with Gasteiger partial charge >= 0.3 is 0 Å². The van der Waals surface area contributed by atoms with Crippen LogP contribution in [0.5, 0.6) is 5.75 Å². The Kier molecular flexibility index (Phi) is 8.97. The number of likely N-dealkylation sites (tertiary alicyclic amines) is 1. The Labute approximate surface area is 221 Å². The highest BCUT2D eigenvalue weighted by molar-refractivity contribution is 6.32. The molecule has 1 heterocycles. The van der Waals surface area contributed by atoms with Crippen molar-refractivity contribution in [2.75, 3.05) is 19.6 Å². The largest absolute Gasteiger partial charge is 0.486 e. The van der Waals surface area contributed by atoms with Crippen molar-refractivity contribution in [3.63, 3.8) is 0 Å². The molecule has 2 unspecified atom stereocenters. The number of carbonyl (C=O) groups is 1. The van der Waals surface area contributed by atoms with Crippen LogP contribution in [0.4, 0.5) is 0 Å². The highest BCUT2D eigenvalue weighted by Gasteiger charge is 2.30. The summed E-state index contributed by atoms with van der Waals surface area (Å²) in [6.45, 7) is 8.90. The van der Waals surface area contributed by atoms with Crippen LogP contribution in [-0.2, 0) is 17.6 Å². The standard InChI is InChI=1S/C30H41ClN2O3/c1-4-30(3,5-2)36-27-13-12-24(19-25(27)31)29(35)26(20-33-14-8-9-15-33)32-28(34)18-21-16-22-10-6-7-11-23(22)17-21/h6-7,10-13,19,21,26,29,35H,4-5,8-9,14-18,20H2,1-3H3,(H,32,34). The molecule has 2 N–H and O–H groups in total. The maximum atomic E-state index is 13.1. The zero-order valence-electron chi connectivity index (χ0n) is 21.9. The molecular formula is C30H41ClN2O3. The van der Waals surface area contributed by atoms with Crippen LogP contribution in [0, 0.1) is 5.92 Å². The molecule has 36 heavy (non-hydrogen) atoms. The van der Waals surface area contributed by atoms with Crippen LogP contribution in [0.2, 0.25) is 5.02 Å². The second-order valence-corrected chi connectivity index (χ2v) is 11.2. The number of ether oxygens (including phenoxy) is 1. The third-order valence-corrected chi connectivity index (χ3v) is 8.44. The molecular weight excluding hydrogens is 472 g/mol. The van der Waals surface area contributed by atoms with E-state index < -0.39 is 12.1 Å². The summed E-state index contributed by atoms with van der Waals surface area (Å²) in [6, 6.07) is 13.5. The average Bonchev–Trinajstić information content (AvgIpc) is 3.53. The van der Waals surface area contributed by atoms with Crippen LogP contribution >= 0.6 is 11.6 Å². The topological polar surface area (TPSA) is 61.8 Å². The molecule has 0 radical (unpaired) electrons. The van der Waals surface area contributed by atoms with Gasteiger partial charge in [-0.05, 0) is 93.3 Å². The summed E-state index contributed by atoms with van der Waals surface area (Å²) < 4.78 is 6.21. The van der Waals surface area contributed by atoms with Crippen molar-refractivity contribution < 1.29 is 14.6 Å². The van der Waals surface area contributed by atoms with E-state index in [1.165, 1.54) is 11.1 Å². The van der Waals surface area contributed by atoms with Gasteiger partial charge in [0.05, 0.1) is 11.1 Å². The molecule has 2 aromatic rings. The molecule has 1 aliphatic heterocycles. The molecule has 6 heteroatoms. The molecule has 2 atom stereocenters. The fourth-order valence-electron chi connectivity index (χ4n) is 5.47. The van der Waals surface area contributed by atoms with Crippen LogP contribution in [0.3, 0.4) is 0 Å². The maximum Gasteiger partial charge on any atom is 0.220 e. The molecule has 0 spiro atoms. The van der Waals surface area contributed by atoms with Crippen LogP contribution in [0.25, 0.3) is 0 Å². The lowest BCUT2D eigenvalue weighted by Crippen LogP contribution is -2.47. The Morgan fingerprint density at radius 3 is 2.36 bits per heavy atom. The first kappa shape index (κ1) is 27.0. The fraction of sp³-hybridized carbons (Fsp3) is 0.567. The number of nitrogens with one attached hydrogen (secondary N) is 1. The number of hydrogen-bond acceptors (Lipinski definition) is 4. The average molecular weight is 513 g/mol. The van der Waals surface area contributed by atoms with Gasteiger partial charge in [-0.1, -0.05) is 55.8 Å². The van der Waals surface area contributed by atoms with Crippen LogP contribution in [0.15, 0.2) is 42.5 Å². The molecule has 196 valence electrons. The van der Waals surface area contributed by atoms with Crippen molar-refractivity contribution >= 4 is 17.5 Å². The summed E-state index contributed by atoms with van der Waals surface area (Å²) in [6.07, 6.45) is 5.55. The summed E-state index contributed by atoms with van der Waals surface area (Å²) >= 11 is 6.60. The number of aliphatic hydroxyl groups excluding tert-OH is 1. The molecule has 1 saturated heterocycles. The lowest BCUT2D eigenvalue weighted by molar-refractivity contribution is -0.123. The number of halogens is 1. The molecule has 0 bridgehead atoms. The summed E-state index contributed by atoms with van der Waals surface area (Å²) in [7, 11) is 0. The second-order valence-electron chi connectivity index (χ2n) is 10.8. The molecule has 5 nitrogen and oxygen atoms in total. The van der Waals surface area contributed by atoms with Crippen LogP contribution in [0.1, 0.15) is 75.7 Å². The van der Waals surface area contributed by atoms with Crippen LogP contribution in [-0.4, -0.2) is 47.2 Å². The van der Waals surface area contributed by atoms with E-state index in [0.29, 0.717) is 35.2 Å². The number of fused-ring (bicyclic) bond motifs is 1. The highest BCUT2D eigenvalue weighted by Crippen LogP contribution is 2.34. The summed E-state index contributed by atoms with van der Waals surface area (Å²) in [5.74, 6) is 0.938. The quantitative estimate of drug-likeness (QED) is 0.404. The molecule has 0 saturated carbocycles. The first-order valence-electron chi connectivity index (χ1n) is 13.5. The lowest BCUT2D eigenvalue weighted by Gasteiger charge is -2.30. The summed E-state index contributed by atoms with van der Waals surface area (Å²) in [5, 5.41) is 15.1. The predicted molar refractivity (Wildman–Crippen MR) is 146 cm³/mol. The van der Waals surface area contributed by atoms with Gasteiger partial charge in [-0.15, -0.1) is 0 Å². The van der Waals surface area contributed by atoms with E-state index in [1.807, 2.05) is 12.1 Å². The van der Waals surface area contributed by atoms with Gasteiger partial charge in [-0.2, -0.15) is 0 Å². The van der Waals surface area contributed by atoms with Crippen LogP contribution < -0.4 is 10.1 Å². The van der Waals surface area contributed by atoms with E-state index >= 15 is 0 Å². The number of nitrogens with zero attached hydrogens (tertiary/aromatic N) is 1. The Bertz CT molecular complexity index is 1010. The van der Waals surface area contributed by atoms with E-state index in [0.717, 1.165) is 51.6 Å². The normalized spacial score (nSPS) is 18.1. The molecule has 2 aliphatic rings. The van der Waals surface area contributed by atoms with Gasteiger partial charge < -0.3 is 20.1 Å². The highest BCUT2D eigenvalue weighted by atomic mass is 35.5. The van der Waals surface area contributed by atoms with E-state index in [1.54, 1.807) is 6.07 Å². The first-order chi connectivity index (χ1) is 17.3. The molecule has 1 fully saturated rings. The zero-order valence-corrected chi connectivity index (χ0v) is 22.7. The minimum Gasteiger partial charge on any atom is -0.486 e. The van der Waals surface area contributed by atoms with Gasteiger partial charge in [0, 0.05) is 13.0 Å². The summed E-state index contributed by atoms with van der Waals surface area (Å²) in [5.41, 5.74) is 3.11. The Hall–Kier alpha value is -2.08. The van der Waals surface area contributed by atoms with Crippen molar-refractivity contribution in [3.8, 4) is 5.75 Å². The van der Waals surface area contributed by atoms with Crippen molar-refractivity contribution in [3.05, 3.63) is 64.2 Å². The number of carbonyl (C=O) groups excluding carboxylic acids is 1. The zero-order chi connectivity index (χ0) is 25.7. The Morgan fingerprint density at radius 1 is 1.14 bits per heavy atom. The van der Waals surface area contributed by atoms with E-state index in [9.17, 15) is 9.90 Å². The minimum atomic E-state index is -0.856. The lowest BCUT2D eigenvalue weighted by atomic mass is 9.98. The van der Waals surface area contributed by atoms with Crippen molar-refractivity contribution in [2.45, 2.75) is 83.5 Å². The SMILES string of the molecule is CCC(C)(CC)Oc1ccc(C(O)C(CN2CCCC2)NC(=O)CC2Cc3ccccc3C2)cc1Cl. The van der Waals surface area contributed by atoms with E-state index in [2.05, 4.69) is 55.3 Å². The van der Waals surface area contributed by atoms with E-state index in [4.69, 9.17) is 16.3 Å². The van der Waals surface area contributed by atoms with Gasteiger partial charge in [0.2, 0.25) is 5.91 Å². The van der Waals surface area contributed by atoms with Crippen molar-refractivity contribution in [1.82, 2.24) is 10.2 Å². The van der Waals surface area contributed by atoms with Gasteiger partial charge in [-0.25, -0.2) is 0 Å². The predicted octanol–water partition coefficient (Wildman–Crippen LogP) is 5.72. The van der Waals surface area contributed by atoms with Gasteiger partial charge in [0.15, 0.2) is 0 Å². The van der Waals surface area contributed by atoms with Gasteiger partial charge in [0.1, 0.15) is 17.5 Å². The first-order valence-corrected chi connectivity index (χ1v) is 13.9. The third kappa shape index (κ3) is 6.62. The van der Waals surface area contributed by atoms with Gasteiger partial charge in [-0.3, -0.25) is 4.79 Å². The number of rotatable bonds is 11.